The lowest BCUT2D eigenvalue weighted by atomic mass is 9.83. The Bertz CT molecular complexity index is 793. The van der Waals surface area contributed by atoms with Crippen molar-refractivity contribution >= 4 is 11.9 Å². The molecule has 2 aromatic rings. The third kappa shape index (κ3) is 3.57. The molecule has 132 valence electrons. The van der Waals surface area contributed by atoms with Gasteiger partial charge in [0.25, 0.3) is 0 Å². The minimum Gasteiger partial charge on any atom is -0.481 e. The van der Waals surface area contributed by atoms with Gasteiger partial charge in [-0.2, -0.15) is 5.10 Å². The average molecular weight is 342 g/mol. The second-order valence-electron chi connectivity index (χ2n) is 6.46. The Morgan fingerprint density at radius 2 is 2.04 bits per heavy atom. The summed E-state index contributed by atoms with van der Waals surface area (Å²) in [4.78, 5) is 22.5. The molecule has 1 unspecified atom stereocenters. The first-order valence-corrected chi connectivity index (χ1v) is 8.46. The van der Waals surface area contributed by atoms with Crippen LogP contribution >= 0.6 is 0 Å². The Balaban J connectivity index is 1.91. The van der Waals surface area contributed by atoms with Crippen molar-refractivity contribution in [3.05, 3.63) is 46.8 Å². The lowest BCUT2D eigenvalue weighted by Gasteiger charge is -2.22. The second-order valence-corrected chi connectivity index (χ2v) is 6.46. The van der Waals surface area contributed by atoms with Crippen molar-refractivity contribution < 1.29 is 19.4 Å². The van der Waals surface area contributed by atoms with Crippen LogP contribution < -0.4 is 0 Å². The van der Waals surface area contributed by atoms with E-state index in [1.54, 1.807) is 0 Å². The van der Waals surface area contributed by atoms with Gasteiger partial charge in [0.1, 0.15) is 0 Å². The number of fused-ring (bicyclic) bond motifs is 1. The molecule has 25 heavy (non-hydrogen) atoms. The molecule has 0 amide bonds. The fraction of sp³-hybridized carbons (Fsp3) is 0.421. The number of hydrogen-bond donors (Lipinski definition) is 1. The van der Waals surface area contributed by atoms with E-state index in [0.29, 0.717) is 0 Å². The number of carbonyl (C=O) groups excluding carboxylic acids is 1. The van der Waals surface area contributed by atoms with E-state index in [4.69, 9.17) is 5.11 Å². The molecule has 1 aromatic heterocycles. The van der Waals surface area contributed by atoms with E-state index in [9.17, 15) is 9.59 Å². The maximum absolute atomic E-state index is 11.4. The molecule has 1 heterocycles. The van der Waals surface area contributed by atoms with Crippen molar-refractivity contribution in [1.29, 1.82) is 0 Å². The van der Waals surface area contributed by atoms with Crippen LogP contribution in [0.25, 0.3) is 5.69 Å². The lowest BCUT2D eigenvalue weighted by molar-refractivity contribution is -0.140. The molecular formula is C19H22N2O4. The molecule has 0 saturated heterocycles. The molecule has 0 fully saturated rings. The number of methoxy groups -OCH3 is 1. The minimum absolute atomic E-state index is 0.0357. The zero-order valence-corrected chi connectivity index (χ0v) is 14.5. The molecular weight excluding hydrogens is 320 g/mol. The molecule has 6 nitrogen and oxygen atoms in total. The van der Waals surface area contributed by atoms with Crippen LogP contribution in [0.1, 0.15) is 47.7 Å². The van der Waals surface area contributed by atoms with Crippen LogP contribution in [-0.2, 0) is 27.2 Å². The molecule has 6 heteroatoms. The van der Waals surface area contributed by atoms with Crippen molar-refractivity contribution in [3.8, 4) is 5.69 Å². The van der Waals surface area contributed by atoms with Gasteiger partial charge in [0.2, 0.25) is 0 Å². The van der Waals surface area contributed by atoms with E-state index in [2.05, 4.69) is 9.84 Å². The maximum Gasteiger partial charge on any atom is 0.309 e. The lowest BCUT2D eigenvalue weighted by Crippen LogP contribution is -2.15. The van der Waals surface area contributed by atoms with Gasteiger partial charge in [-0.25, -0.2) is 4.68 Å². The summed E-state index contributed by atoms with van der Waals surface area (Å²) in [6.07, 6.45) is 3.15. The van der Waals surface area contributed by atoms with Crippen molar-refractivity contribution in [3.63, 3.8) is 0 Å². The first-order chi connectivity index (χ1) is 12.0. The first-order valence-electron chi connectivity index (χ1n) is 8.46. The van der Waals surface area contributed by atoms with Gasteiger partial charge in [-0.15, -0.1) is 0 Å². The summed E-state index contributed by atoms with van der Waals surface area (Å²) in [6, 6.07) is 7.66. The van der Waals surface area contributed by atoms with E-state index in [1.807, 2.05) is 35.9 Å². The number of esters is 1. The molecule has 0 aliphatic heterocycles. The number of carbonyl (C=O) groups is 2. The Morgan fingerprint density at radius 3 is 2.68 bits per heavy atom. The van der Waals surface area contributed by atoms with Crippen LogP contribution in [0.4, 0.5) is 0 Å². The molecule has 0 saturated carbocycles. The molecule has 1 atom stereocenters. The standard InChI is InChI=1S/C19H22N2O4/c1-12-19-14(11-17(22)23)4-3-5-16(19)21(20-12)15-8-6-13(7-9-15)10-18(24)25-2/h6-9,14H,3-5,10-11H2,1-2H3,(H,22,23). The highest BCUT2D eigenvalue weighted by Crippen LogP contribution is 2.37. The molecule has 3 rings (SSSR count). The van der Waals surface area contributed by atoms with Gasteiger partial charge in [0.05, 0.1) is 31.3 Å². The molecule has 1 aromatic carbocycles. The smallest absolute Gasteiger partial charge is 0.309 e. The van der Waals surface area contributed by atoms with Crippen molar-refractivity contribution in [2.24, 2.45) is 0 Å². The van der Waals surface area contributed by atoms with E-state index >= 15 is 0 Å². The second kappa shape index (κ2) is 7.09. The molecule has 1 aliphatic rings. The Kier molecular flexibility index (Phi) is 4.88. The Labute approximate surface area is 146 Å². The summed E-state index contributed by atoms with van der Waals surface area (Å²) >= 11 is 0. The van der Waals surface area contributed by atoms with Gasteiger partial charge in [-0.1, -0.05) is 12.1 Å². The number of aryl methyl sites for hydroxylation is 1. The normalized spacial score (nSPS) is 16.3. The molecule has 0 spiro atoms. The summed E-state index contributed by atoms with van der Waals surface area (Å²) in [5, 5.41) is 13.8. The number of rotatable bonds is 5. The number of carboxylic acid groups (broad SMARTS) is 1. The average Bonchev–Trinajstić information content (AvgIpc) is 2.93. The molecule has 1 aliphatic carbocycles. The Hall–Kier alpha value is -2.63. The van der Waals surface area contributed by atoms with Gasteiger partial charge in [-0.05, 0) is 49.8 Å². The highest BCUT2D eigenvalue weighted by Gasteiger charge is 2.28. The van der Waals surface area contributed by atoms with Crippen LogP contribution in [0.15, 0.2) is 24.3 Å². The topological polar surface area (TPSA) is 81.4 Å². The van der Waals surface area contributed by atoms with Gasteiger partial charge < -0.3 is 9.84 Å². The largest absolute Gasteiger partial charge is 0.481 e. The number of nitrogens with zero attached hydrogens (tertiary/aromatic N) is 2. The van der Waals surface area contributed by atoms with Crippen molar-refractivity contribution in [2.75, 3.05) is 7.11 Å². The molecule has 0 bridgehead atoms. The minimum atomic E-state index is -0.767. The summed E-state index contributed by atoms with van der Waals surface area (Å²) in [5.74, 6) is -0.998. The number of aliphatic carboxylic acids is 1. The van der Waals surface area contributed by atoms with E-state index < -0.39 is 5.97 Å². The van der Waals surface area contributed by atoms with Crippen LogP contribution in [0.3, 0.4) is 0 Å². The fourth-order valence-electron chi connectivity index (χ4n) is 3.64. The SMILES string of the molecule is COC(=O)Cc1ccc(-n2nc(C)c3c2CCCC3CC(=O)O)cc1. The van der Waals surface area contributed by atoms with Gasteiger partial charge in [-0.3, -0.25) is 9.59 Å². The monoisotopic (exact) mass is 342 g/mol. The van der Waals surface area contributed by atoms with Gasteiger partial charge >= 0.3 is 11.9 Å². The third-order valence-electron chi connectivity index (χ3n) is 4.76. The molecule has 0 radical (unpaired) electrons. The highest BCUT2D eigenvalue weighted by atomic mass is 16.5. The molecule has 1 N–H and O–H groups in total. The van der Waals surface area contributed by atoms with E-state index in [0.717, 1.165) is 47.5 Å². The van der Waals surface area contributed by atoms with E-state index in [-0.39, 0.29) is 24.7 Å². The predicted molar refractivity (Wildman–Crippen MR) is 92.0 cm³/mol. The van der Waals surface area contributed by atoms with Crippen LogP contribution in [-0.4, -0.2) is 33.9 Å². The van der Waals surface area contributed by atoms with Gasteiger partial charge in [0.15, 0.2) is 0 Å². The summed E-state index contributed by atoms with van der Waals surface area (Å²) < 4.78 is 6.60. The fourth-order valence-corrected chi connectivity index (χ4v) is 3.64. The van der Waals surface area contributed by atoms with Crippen molar-refractivity contribution in [1.82, 2.24) is 9.78 Å². The third-order valence-corrected chi connectivity index (χ3v) is 4.76. The predicted octanol–water partition coefficient (Wildman–Crippen LogP) is 2.79. The zero-order valence-electron chi connectivity index (χ0n) is 14.5. The number of carboxylic acids is 1. The number of aromatic nitrogens is 2. The number of benzene rings is 1. The number of ether oxygens (including phenoxy) is 1. The van der Waals surface area contributed by atoms with Crippen LogP contribution in [0, 0.1) is 6.92 Å². The van der Waals surface area contributed by atoms with Gasteiger partial charge in [0, 0.05) is 11.3 Å². The maximum atomic E-state index is 11.4. The van der Waals surface area contributed by atoms with Crippen LogP contribution in [0.2, 0.25) is 0 Å². The zero-order chi connectivity index (χ0) is 18.0. The quantitative estimate of drug-likeness (QED) is 0.845. The summed E-state index contributed by atoms with van der Waals surface area (Å²) in [7, 11) is 1.38. The Morgan fingerprint density at radius 1 is 1.32 bits per heavy atom. The number of hydrogen-bond acceptors (Lipinski definition) is 4. The summed E-state index contributed by atoms with van der Waals surface area (Å²) in [5.41, 5.74) is 4.91. The van der Waals surface area contributed by atoms with E-state index in [1.165, 1.54) is 7.11 Å². The van der Waals surface area contributed by atoms with Crippen LogP contribution in [0.5, 0.6) is 0 Å². The highest BCUT2D eigenvalue weighted by molar-refractivity contribution is 5.72. The first kappa shape index (κ1) is 17.2. The summed E-state index contributed by atoms with van der Waals surface area (Å²) in [6.45, 7) is 1.95. The van der Waals surface area contributed by atoms with Crippen molar-refractivity contribution in [2.45, 2.75) is 44.9 Å².